The Labute approximate surface area is 111 Å². The summed E-state index contributed by atoms with van der Waals surface area (Å²) >= 11 is 0. The van der Waals surface area contributed by atoms with Crippen LogP contribution in [0.1, 0.15) is 11.6 Å². The molecule has 1 aromatic carbocycles. The summed E-state index contributed by atoms with van der Waals surface area (Å²) in [7, 11) is 1.27. The van der Waals surface area contributed by atoms with Crippen LogP contribution in [0.3, 0.4) is 0 Å². The van der Waals surface area contributed by atoms with E-state index in [1.54, 1.807) is 24.3 Å². The monoisotopic (exact) mass is 266 g/mol. The first-order valence-electron chi connectivity index (χ1n) is 5.89. The van der Waals surface area contributed by atoms with Crippen LogP contribution in [0.2, 0.25) is 0 Å². The van der Waals surface area contributed by atoms with Crippen molar-refractivity contribution in [1.29, 1.82) is 0 Å². The third-order valence-electron chi connectivity index (χ3n) is 2.37. The zero-order chi connectivity index (χ0) is 14.1. The van der Waals surface area contributed by atoms with E-state index in [4.69, 9.17) is 10.5 Å². The van der Waals surface area contributed by atoms with Gasteiger partial charge in [-0.2, -0.15) is 0 Å². The summed E-state index contributed by atoms with van der Waals surface area (Å²) < 4.78 is 9.68. The van der Waals surface area contributed by atoms with Crippen LogP contribution in [-0.4, -0.2) is 38.7 Å². The Morgan fingerprint density at radius 3 is 2.58 bits per heavy atom. The maximum Gasteiger partial charge on any atom is 0.333 e. The van der Waals surface area contributed by atoms with Gasteiger partial charge in [0.2, 0.25) is 5.91 Å². The van der Waals surface area contributed by atoms with Crippen molar-refractivity contribution in [1.82, 2.24) is 5.32 Å². The molecule has 6 nitrogen and oxygen atoms in total. The smallest absolute Gasteiger partial charge is 0.333 e. The summed E-state index contributed by atoms with van der Waals surface area (Å²) in [6.45, 7) is 0.492. The topological polar surface area (TPSA) is 90.6 Å². The number of carbonyl (C=O) groups is 2. The van der Waals surface area contributed by atoms with Crippen LogP contribution in [0.4, 0.5) is 0 Å². The number of methoxy groups -OCH3 is 1. The highest BCUT2D eigenvalue weighted by molar-refractivity contribution is 5.86. The average Bonchev–Trinajstić information content (AvgIpc) is 2.45. The third kappa shape index (κ3) is 5.07. The molecule has 19 heavy (non-hydrogen) atoms. The molecule has 1 aromatic rings. The first kappa shape index (κ1) is 15.1. The largest absolute Gasteiger partial charge is 0.467 e. The van der Waals surface area contributed by atoms with Gasteiger partial charge in [-0.25, -0.2) is 4.79 Å². The Hall–Kier alpha value is -1.92. The molecule has 0 aliphatic carbocycles. The number of hydrogen-bond donors (Lipinski definition) is 2. The minimum Gasteiger partial charge on any atom is -0.467 e. The number of hydrogen-bond acceptors (Lipinski definition) is 5. The van der Waals surface area contributed by atoms with Gasteiger partial charge in [0.1, 0.15) is 6.61 Å². The Morgan fingerprint density at radius 2 is 2.00 bits per heavy atom. The molecular formula is C13H18N2O4. The summed E-state index contributed by atoms with van der Waals surface area (Å²) in [6, 6.07) is 8.03. The van der Waals surface area contributed by atoms with E-state index in [0.29, 0.717) is 18.7 Å². The molecule has 1 atom stereocenters. The van der Waals surface area contributed by atoms with Crippen LogP contribution in [0.15, 0.2) is 30.3 Å². The minimum atomic E-state index is -0.833. The van der Waals surface area contributed by atoms with Crippen molar-refractivity contribution in [3.63, 3.8) is 0 Å². The summed E-state index contributed by atoms with van der Waals surface area (Å²) in [5.74, 6) is -0.925. The van der Waals surface area contributed by atoms with Crippen LogP contribution in [0.25, 0.3) is 0 Å². The molecule has 0 bridgehead atoms. The average molecular weight is 266 g/mol. The summed E-state index contributed by atoms with van der Waals surface area (Å²) in [6.07, 6.45) is 0. The van der Waals surface area contributed by atoms with Crippen molar-refractivity contribution in [3.05, 3.63) is 35.9 Å². The van der Waals surface area contributed by atoms with E-state index in [0.717, 1.165) is 0 Å². The highest BCUT2D eigenvalue weighted by Crippen LogP contribution is 2.13. The quantitative estimate of drug-likeness (QED) is 0.535. The van der Waals surface area contributed by atoms with Crippen molar-refractivity contribution >= 4 is 11.9 Å². The first-order chi connectivity index (χ1) is 9.19. The zero-order valence-corrected chi connectivity index (χ0v) is 10.8. The fourth-order valence-corrected chi connectivity index (χ4v) is 1.49. The number of benzene rings is 1. The van der Waals surface area contributed by atoms with Gasteiger partial charge in [0, 0.05) is 6.54 Å². The molecule has 1 rings (SSSR count). The highest BCUT2D eigenvalue weighted by atomic mass is 16.5. The molecule has 0 spiro atoms. The number of nitrogens with two attached hydrogens (primary N) is 1. The number of nitrogens with one attached hydrogen (secondary N) is 1. The number of rotatable bonds is 7. The number of esters is 1. The molecular weight excluding hydrogens is 248 g/mol. The number of ether oxygens (including phenoxy) is 2. The fourth-order valence-electron chi connectivity index (χ4n) is 1.49. The molecule has 1 amide bonds. The summed E-state index contributed by atoms with van der Waals surface area (Å²) in [5.41, 5.74) is 5.90. The van der Waals surface area contributed by atoms with E-state index >= 15 is 0 Å². The van der Waals surface area contributed by atoms with Crippen molar-refractivity contribution < 1.29 is 19.1 Å². The molecule has 104 valence electrons. The van der Waals surface area contributed by atoms with E-state index in [9.17, 15) is 9.59 Å². The van der Waals surface area contributed by atoms with E-state index in [1.165, 1.54) is 7.11 Å². The second-order valence-electron chi connectivity index (χ2n) is 3.78. The molecule has 3 N–H and O–H groups in total. The molecule has 0 heterocycles. The lowest BCUT2D eigenvalue weighted by Crippen LogP contribution is -2.37. The Balaban J connectivity index is 2.66. The SMILES string of the molecule is COC(=O)C(NC(=O)COCCN)c1ccccc1. The van der Waals surface area contributed by atoms with Crippen molar-refractivity contribution in [2.24, 2.45) is 5.73 Å². The van der Waals surface area contributed by atoms with Gasteiger partial charge >= 0.3 is 5.97 Å². The number of amides is 1. The van der Waals surface area contributed by atoms with Crippen LogP contribution in [0.5, 0.6) is 0 Å². The lowest BCUT2D eigenvalue weighted by Gasteiger charge is -2.16. The van der Waals surface area contributed by atoms with Crippen LogP contribution in [0, 0.1) is 0 Å². The van der Waals surface area contributed by atoms with Gasteiger partial charge in [-0.05, 0) is 5.56 Å². The first-order valence-corrected chi connectivity index (χ1v) is 5.89. The lowest BCUT2D eigenvalue weighted by molar-refractivity contribution is -0.145. The maximum absolute atomic E-state index is 11.7. The van der Waals surface area contributed by atoms with E-state index in [1.807, 2.05) is 6.07 Å². The number of carbonyl (C=O) groups excluding carboxylic acids is 2. The second-order valence-corrected chi connectivity index (χ2v) is 3.78. The van der Waals surface area contributed by atoms with Gasteiger partial charge in [0.05, 0.1) is 13.7 Å². The van der Waals surface area contributed by atoms with E-state index in [-0.39, 0.29) is 6.61 Å². The maximum atomic E-state index is 11.7. The van der Waals surface area contributed by atoms with E-state index in [2.05, 4.69) is 10.1 Å². The highest BCUT2D eigenvalue weighted by Gasteiger charge is 2.23. The molecule has 0 aliphatic heterocycles. The molecule has 0 saturated heterocycles. The normalized spacial score (nSPS) is 11.7. The van der Waals surface area contributed by atoms with Crippen LogP contribution in [-0.2, 0) is 19.1 Å². The van der Waals surface area contributed by atoms with Crippen LogP contribution < -0.4 is 11.1 Å². The summed E-state index contributed by atoms with van der Waals surface area (Å²) in [5, 5.41) is 2.56. The molecule has 0 aliphatic rings. The van der Waals surface area contributed by atoms with Gasteiger partial charge in [-0.3, -0.25) is 4.79 Å². The second kappa shape index (κ2) is 8.23. The van der Waals surface area contributed by atoms with Gasteiger partial charge in [0.15, 0.2) is 6.04 Å². The predicted octanol–water partition coefficient (Wildman–Crippen LogP) is -0.00780. The molecule has 0 radical (unpaired) electrons. The van der Waals surface area contributed by atoms with Crippen molar-refractivity contribution in [2.45, 2.75) is 6.04 Å². The van der Waals surface area contributed by atoms with Gasteiger partial charge < -0.3 is 20.5 Å². The van der Waals surface area contributed by atoms with Gasteiger partial charge in [-0.1, -0.05) is 30.3 Å². The minimum absolute atomic E-state index is 0.141. The molecule has 0 saturated carbocycles. The van der Waals surface area contributed by atoms with E-state index < -0.39 is 17.9 Å². The zero-order valence-electron chi connectivity index (χ0n) is 10.8. The molecule has 6 heteroatoms. The molecule has 0 fully saturated rings. The fraction of sp³-hybridized carbons (Fsp3) is 0.385. The predicted molar refractivity (Wildman–Crippen MR) is 69.2 cm³/mol. The van der Waals surface area contributed by atoms with Gasteiger partial charge in [0.25, 0.3) is 0 Å². The summed E-state index contributed by atoms with van der Waals surface area (Å²) in [4.78, 5) is 23.3. The molecule has 1 unspecified atom stereocenters. The van der Waals surface area contributed by atoms with Crippen molar-refractivity contribution in [2.75, 3.05) is 26.9 Å². The van der Waals surface area contributed by atoms with Gasteiger partial charge in [-0.15, -0.1) is 0 Å². The molecule has 0 aromatic heterocycles. The third-order valence-corrected chi connectivity index (χ3v) is 2.37. The Morgan fingerprint density at radius 1 is 1.32 bits per heavy atom. The Kier molecular flexibility index (Phi) is 6.56. The van der Waals surface area contributed by atoms with Crippen molar-refractivity contribution in [3.8, 4) is 0 Å². The Bertz CT molecular complexity index is 408. The lowest BCUT2D eigenvalue weighted by atomic mass is 10.1. The standard InChI is InChI=1S/C13H18N2O4/c1-18-13(17)12(10-5-3-2-4-6-10)15-11(16)9-19-8-7-14/h2-6,12H,7-9,14H2,1H3,(H,15,16). The van der Waals surface area contributed by atoms with Crippen LogP contribution >= 0.6 is 0 Å².